The Labute approximate surface area is 78.6 Å². The third-order valence-electron chi connectivity index (χ3n) is 2.33. The molecule has 1 aliphatic rings. The Morgan fingerprint density at radius 3 is 2.85 bits per heavy atom. The molecule has 1 heterocycles. The summed E-state index contributed by atoms with van der Waals surface area (Å²) in [4.78, 5) is 11.6. The monoisotopic (exact) mass is 187 g/mol. The summed E-state index contributed by atoms with van der Waals surface area (Å²) in [7, 11) is 0. The van der Waals surface area contributed by atoms with E-state index >= 15 is 0 Å². The lowest BCUT2D eigenvalue weighted by Gasteiger charge is -2.34. The molecule has 0 spiro atoms. The minimum Gasteiger partial charge on any atom is -0.465 e. The van der Waals surface area contributed by atoms with E-state index < -0.39 is 5.54 Å². The highest BCUT2D eigenvalue weighted by Crippen LogP contribution is 2.15. The van der Waals surface area contributed by atoms with Crippen LogP contribution < -0.4 is 5.32 Å². The molecule has 13 heavy (non-hydrogen) atoms. The van der Waals surface area contributed by atoms with E-state index in [0.29, 0.717) is 32.8 Å². The molecule has 0 aromatic carbocycles. The molecular formula is C9H17NO3. The molecule has 4 nitrogen and oxygen atoms in total. The van der Waals surface area contributed by atoms with Crippen molar-refractivity contribution < 1.29 is 14.3 Å². The molecule has 1 aliphatic heterocycles. The van der Waals surface area contributed by atoms with Crippen molar-refractivity contribution in [2.24, 2.45) is 0 Å². The van der Waals surface area contributed by atoms with Crippen LogP contribution >= 0.6 is 0 Å². The lowest BCUT2D eigenvalue weighted by Crippen LogP contribution is -2.59. The highest BCUT2D eigenvalue weighted by molar-refractivity contribution is 5.81. The molecule has 76 valence electrons. The molecule has 1 saturated heterocycles. The van der Waals surface area contributed by atoms with Crippen LogP contribution in [-0.2, 0) is 14.3 Å². The largest absolute Gasteiger partial charge is 0.465 e. The van der Waals surface area contributed by atoms with Crippen LogP contribution in [0.5, 0.6) is 0 Å². The van der Waals surface area contributed by atoms with Gasteiger partial charge in [0.15, 0.2) is 0 Å². The van der Waals surface area contributed by atoms with Crippen molar-refractivity contribution in [3.63, 3.8) is 0 Å². The van der Waals surface area contributed by atoms with Crippen LogP contribution in [0.4, 0.5) is 0 Å². The van der Waals surface area contributed by atoms with Gasteiger partial charge >= 0.3 is 5.97 Å². The number of hydrogen-bond acceptors (Lipinski definition) is 4. The summed E-state index contributed by atoms with van der Waals surface area (Å²) in [5.41, 5.74) is -0.603. The van der Waals surface area contributed by atoms with Crippen molar-refractivity contribution in [1.82, 2.24) is 5.32 Å². The molecule has 1 N–H and O–H groups in total. The zero-order chi connectivity index (χ0) is 9.73. The number of carbonyl (C=O) groups excluding carboxylic acids is 1. The number of carbonyl (C=O) groups is 1. The molecule has 1 fully saturated rings. The van der Waals surface area contributed by atoms with Crippen LogP contribution in [0.15, 0.2) is 0 Å². The van der Waals surface area contributed by atoms with Gasteiger partial charge in [-0.05, 0) is 13.3 Å². The average Bonchev–Trinajstić information content (AvgIpc) is 2.19. The smallest absolute Gasteiger partial charge is 0.328 e. The van der Waals surface area contributed by atoms with Crippen LogP contribution in [-0.4, -0.2) is 37.9 Å². The van der Waals surface area contributed by atoms with Crippen molar-refractivity contribution in [2.45, 2.75) is 25.8 Å². The number of esters is 1. The van der Waals surface area contributed by atoms with Crippen LogP contribution in [0.2, 0.25) is 0 Å². The SMILES string of the molecule is CCOC(=O)[C@@]1(CC)COCCN1. The van der Waals surface area contributed by atoms with Crippen molar-refractivity contribution in [2.75, 3.05) is 26.4 Å². The van der Waals surface area contributed by atoms with Gasteiger partial charge in [0.05, 0.1) is 19.8 Å². The van der Waals surface area contributed by atoms with Crippen molar-refractivity contribution >= 4 is 5.97 Å². The third-order valence-corrected chi connectivity index (χ3v) is 2.33. The first-order valence-electron chi connectivity index (χ1n) is 4.75. The topological polar surface area (TPSA) is 47.6 Å². The van der Waals surface area contributed by atoms with E-state index in [2.05, 4.69) is 5.32 Å². The third kappa shape index (κ3) is 2.19. The molecule has 4 heteroatoms. The Hall–Kier alpha value is -0.610. The predicted molar refractivity (Wildman–Crippen MR) is 48.5 cm³/mol. The van der Waals surface area contributed by atoms with Gasteiger partial charge in [0.1, 0.15) is 5.54 Å². The first-order chi connectivity index (χ1) is 6.25. The van der Waals surface area contributed by atoms with Crippen molar-refractivity contribution in [1.29, 1.82) is 0 Å². The number of hydrogen-bond donors (Lipinski definition) is 1. The second-order valence-corrected chi connectivity index (χ2v) is 3.14. The van der Waals surface area contributed by atoms with Gasteiger partial charge in [0.25, 0.3) is 0 Å². The molecule has 0 aromatic heterocycles. The van der Waals surface area contributed by atoms with Crippen LogP contribution in [0.1, 0.15) is 20.3 Å². The maximum absolute atomic E-state index is 11.6. The maximum atomic E-state index is 11.6. The highest BCUT2D eigenvalue weighted by Gasteiger charge is 2.39. The normalized spacial score (nSPS) is 28.5. The van der Waals surface area contributed by atoms with Gasteiger partial charge < -0.3 is 9.47 Å². The molecule has 0 unspecified atom stereocenters. The Morgan fingerprint density at radius 2 is 2.38 bits per heavy atom. The first kappa shape index (κ1) is 10.5. The van der Waals surface area contributed by atoms with Crippen molar-refractivity contribution in [3.8, 4) is 0 Å². The van der Waals surface area contributed by atoms with E-state index in [1.807, 2.05) is 13.8 Å². The van der Waals surface area contributed by atoms with Crippen LogP contribution in [0.25, 0.3) is 0 Å². The van der Waals surface area contributed by atoms with Crippen LogP contribution in [0, 0.1) is 0 Å². The molecular weight excluding hydrogens is 170 g/mol. The lowest BCUT2D eigenvalue weighted by atomic mass is 9.96. The number of ether oxygens (including phenoxy) is 2. The van der Waals surface area contributed by atoms with Crippen LogP contribution in [0.3, 0.4) is 0 Å². The maximum Gasteiger partial charge on any atom is 0.328 e. The zero-order valence-electron chi connectivity index (χ0n) is 8.26. The fourth-order valence-corrected chi connectivity index (χ4v) is 1.43. The predicted octanol–water partition coefficient (Wildman–Crippen LogP) is 0.318. The number of morpholine rings is 1. The van der Waals surface area contributed by atoms with Gasteiger partial charge in [-0.15, -0.1) is 0 Å². The van der Waals surface area contributed by atoms with E-state index in [1.54, 1.807) is 0 Å². The average molecular weight is 187 g/mol. The van der Waals surface area contributed by atoms with E-state index in [4.69, 9.17) is 9.47 Å². The van der Waals surface area contributed by atoms with E-state index in [-0.39, 0.29) is 5.97 Å². The molecule has 1 rings (SSSR count). The van der Waals surface area contributed by atoms with Gasteiger partial charge in [0, 0.05) is 6.54 Å². The van der Waals surface area contributed by atoms with Crippen molar-refractivity contribution in [3.05, 3.63) is 0 Å². The van der Waals surface area contributed by atoms with Gasteiger partial charge in [-0.2, -0.15) is 0 Å². The Kier molecular flexibility index (Phi) is 3.69. The quantitative estimate of drug-likeness (QED) is 0.646. The van der Waals surface area contributed by atoms with Gasteiger partial charge in [0.2, 0.25) is 0 Å². The van der Waals surface area contributed by atoms with E-state index in [1.165, 1.54) is 0 Å². The minimum atomic E-state index is -0.603. The molecule has 0 aliphatic carbocycles. The minimum absolute atomic E-state index is 0.197. The first-order valence-corrected chi connectivity index (χ1v) is 4.75. The molecule has 0 amide bonds. The molecule has 0 bridgehead atoms. The van der Waals surface area contributed by atoms with Gasteiger partial charge in [-0.25, -0.2) is 4.79 Å². The fraction of sp³-hybridized carbons (Fsp3) is 0.889. The summed E-state index contributed by atoms with van der Waals surface area (Å²) < 4.78 is 10.3. The second-order valence-electron chi connectivity index (χ2n) is 3.14. The summed E-state index contributed by atoms with van der Waals surface area (Å²) in [6.07, 6.45) is 0.700. The Morgan fingerprint density at radius 1 is 1.62 bits per heavy atom. The summed E-state index contributed by atoms with van der Waals surface area (Å²) in [6, 6.07) is 0. The summed E-state index contributed by atoms with van der Waals surface area (Å²) in [5.74, 6) is -0.197. The zero-order valence-corrected chi connectivity index (χ0v) is 8.26. The van der Waals surface area contributed by atoms with E-state index in [9.17, 15) is 4.79 Å². The van der Waals surface area contributed by atoms with Gasteiger partial charge in [-0.3, -0.25) is 5.32 Å². The molecule has 0 radical (unpaired) electrons. The molecule has 0 aromatic rings. The Balaban J connectivity index is 2.61. The molecule has 0 saturated carbocycles. The van der Waals surface area contributed by atoms with Gasteiger partial charge in [-0.1, -0.05) is 6.92 Å². The fourth-order valence-electron chi connectivity index (χ4n) is 1.43. The number of nitrogens with one attached hydrogen (secondary N) is 1. The number of rotatable bonds is 3. The Bertz CT molecular complexity index is 176. The summed E-state index contributed by atoms with van der Waals surface area (Å²) >= 11 is 0. The lowest BCUT2D eigenvalue weighted by molar-refractivity contribution is -0.156. The standard InChI is InChI=1S/C9H17NO3/c1-3-9(8(11)13-4-2)7-12-6-5-10-9/h10H,3-7H2,1-2H3/t9-/m1/s1. The molecule has 1 atom stereocenters. The summed E-state index contributed by atoms with van der Waals surface area (Å²) in [5, 5.41) is 3.17. The highest BCUT2D eigenvalue weighted by atomic mass is 16.5. The summed E-state index contributed by atoms with van der Waals surface area (Å²) in [6.45, 7) is 5.99. The second kappa shape index (κ2) is 4.58. The van der Waals surface area contributed by atoms with E-state index in [0.717, 1.165) is 0 Å².